The maximum atomic E-state index is 11.9. The van der Waals surface area contributed by atoms with Crippen LogP contribution in [0.1, 0.15) is 16.2 Å². The molecule has 0 amide bonds. The summed E-state index contributed by atoms with van der Waals surface area (Å²) in [5, 5.41) is 7.53. The number of carbonyl (C=O) groups excluding carboxylic acids is 1. The van der Waals surface area contributed by atoms with Gasteiger partial charge in [0, 0.05) is 6.26 Å². The predicted molar refractivity (Wildman–Crippen MR) is 80.7 cm³/mol. The lowest BCUT2D eigenvalue weighted by atomic mass is 10.2. The Bertz CT molecular complexity index is 942. The number of sulfone groups is 1. The molecule has 3 aromatic rings. The highest BCUT2D eigenvalue weighted by molar-refractivity contribution is 7.90. The van der Waals surface area contributed by atoms with Crippen LogP contribution >= 0.6 is 0 Å². The Balaban J connectivity index is 1.63. The summed E-state index contributed by atoms with van der Waals surface area (Å²) in [4.78, 5) is 12.1. The van der Waals surface area contributed by atoms with Crippen LogP contribution in [0.3, 0.4) is 0 Å². The molecule has 1 aromatic carbocycles. The van der Waals surface area contributed by atoms with Crippen LogP contribution in [0.4, 0.5) is 0 Å². The number of benzene rings is 1. The van der Waals surface area contributed by atoms with Gasteiger partial charge in [0.2, 0.25) is 0 Å². The Morgan fingerprint density at radius 2 is 1.92 bits per heavy atom. The second kappa shape index (κ2) is 6.28. The van der Waals surface area contributed by atoms with Crippen LogP contribution in [-0.4, -0.2) is 30.8 Å². The fourth-order valence-corrected chi connectivity index (χ4v) is 2.49. The molecule has 8 nitrogen and oxygen atoms in total. The molecule has 3 rings (SSSR count). The van der Waals surface area contributed by atoms with E-state index in [1.54, 1.807) is 12.1 Å². The minimum atomic E-state index is -3.31. The molecule has 0 saturated carbocycles. The predicted octanol–water partition coefficient (Wildman–Crippen LogP) is 2.09. The molecule has 0 aliphatic rings. The van der Waals surface area contributed by atoms with Gasteiger partial charge in [-0.05, 0) is 36.4 Å². The van der Waals surface area contributed by atoms with Gasteiger partial charge in [0.1, 0.15) is 0 Å². The van der Waals surface area contributed by atoms with Crippen molar-refractivity contribution in [2.75, 3.05) is 6.26 Å². The normalized spacial score (nSPS) is 11.4. The highest BCUT2D eigenvalue weighted by Crippen LogP contribution is 2.18. The number of rotatable bonds is 5. The molecule has 0 unspecified atom stereocenters. The van der Waals surface area contributed by atoms with Gasteiger partial charge in [-0.3, -0.25) is 0 Å². The van der Waals surface area contributed by atoms with E-state index >= 15 is 0 Å². The van der Waals surface area contributed by atoms with Crippen molar-refractivity contribution in [3.05, 3.63) is 54.1 Å². The smallest absolute Gasteiger partial charge is 0.338 e. The number of nitrogens with zero attached hydrogens (tertiary/aromatic N) is 2. The highest BCUT2D eigenvalue weighted by Gasteiger charge is 2.14. The number of ether oxygens (including phenoxy) is 1. The molecule has 0 aliphatic carbocycles. The van der Waals surface area contributed by atoms with Crippen LogP contribution < -0.4 is 0 Å². The maximum Gasteiger partial charge on any atom is 0.338 e. The molecule has 24 heavy (non-hydrogen) atoms. The molecule has 0 N–H and O–H groups in total. The lowest BCUT2D eigenvalue weighted by Crippen LogP contribution is -2.06. The fourth-order valence-electron chi connectivity index (χ4n) is 1.86. The summed E-state index contributed by atoms with van der Waals surface area (Å²) in [6, 6.07) is 8.77. The summed E-state index contributed by atoms with van der Waals surface area (Å²) in [5.41, 5.74) is 0.216. The van der Waals surface area contributed by atoms with E-state index in [-0.39, 0.29) is 28.8 Å². The zero-order valence-electron chi connectivity index (χ0n) is 12.5. The molecule has 2 heterocycles. The standard InChI is InChI=1S/C15H12N2O6S/c1-24(19,20)11-6-4-10(5-7-11)15(18)22-9-13-16-17-14(23-13)12-3-2-8-21-12/h2-8H,9H2,1H3. The highest BCUT2D eigenvalue weighted by atomic mass is 32.2. The summed E-state index contributed by atoms with van der Waals surface area (Å²) < 4.78 is 38.2. The number of furan rings is 1. The van der Waals surface area contributed by atoms with Gasteiger partial charge in [-0.1, -0.05) is 0 Å². The number of carbonyl (C=O) groups is 1. The largest absolute Gasteiger partial charge is 0.459 e. The fraction of sp³-hybridized carbons (Fsp3) is 0.133. The molecule has 0 saturated heterocycles. The Morgan fingerprint density at radius 3 is 2.54 bits per heavy atom. The Labute approximate surface area is 137 Å². The van der Waals surface area contributed by atoms with Crippen molar-refractivity contribution < 1.29 is 26.8 Å². The van der Waals surface area contributed by atoms with Gasteiger partial charge >= 0.3 is 5.97 Å². The van der Waals surface area contributed by atoms with E-state index in [1.807, 2.05) is 0 Å². The van der Waals surface area contributed by atoms with Crippen LogP contribution in [0.2, 0.25) is 0 Å². The van der Waals surface area contributed by atoms with Crippen molar-refractivity contribution in [2.45, 2.75) is 11.5 Å². The Kier molecular flexibility index (Phi) is 4.17. The molecule has 0 spiro atoms. The van der Waals surface area contributed by atoms with Gasteiger partial charge in [-0.2, -0.15) is 0 Å². The first kappa shape index (κ1) is 15.9. The van der Waals surface area contributed by atoms with E-state index < -0.39 is 15.8 Å². The molecular weight excluding hydrogens is 336 g/mol. The second-order valence-corrected chi connectivity index (χ2v) is 6.87. The monoisotopic (exact) mass is 348 g/mol. The second-order valence-electron chi connectivity index (χ2n) is 4.85. The van der Waals surface area contributed by atoms with Gasteiger partial charge in [-0.15, -0.1) is 10.2 Å². The van der Waals surface area contributed by atoms with E-state index in [0.29, 0.717) is 5.76 Å². The minimum Gasteiger partial charge on any atom is -0.459 e. The van der Waals surface area contributed by atoms with Gasteiger partial charge in [0.15, 0.2) is 22.2 Å². The third kappa shape index (κ3) is 3.51. The van der Waals surface area contributed by atoms with Gasteiger partial charge < -0.3 is 13.6 Å². The molecule has 0 bridgehead atoms. The quantitative estimate of drug-likeness (QED) is 0.644. The number of aromatic nitrogens is 2. The molecule has 0 radical (unpaired) electrons. The Hall–Kier alpha value is -2.94. The van der Waals surface area contributed by atoms with Crippen LogP contribution in [-0.2, 0) is 21.2 Å². The third-order valence-electron chi connectivity index (χ3n) is 3.04. The molecule has 9 heteroatoms. The first-order valence-corrected chi connectivity index (χ1v) is 8.66. The van der Waals surface area contributed by atoms with Crippen molar-refractivity contribution in [1.29, 1.82) is 0 Å². The summed E-state index contributed by atoms with van der Waals surface area (Å²) in [6.07, 6.45) is 2.56. The molecule has 0 fully saturated rings. The zero-order valence-corrected chi connectivity index (χ0v) is 13.3. The summed E-state index contributed by atoms with van der Waals surface area (Å²) in [6.45, 7) is -0.208. The number of esters is 1. The van der Waals surface area contributed by atoms with Crippen LogP contribution in [0.15, 0.2) is 56.4 Å². The lowest BCUT2D eigenvalue weighted by Gasteiger charge is -2.03. The molecule has 124 valence electrons. The summed E-state index contributed by atoms with van der Waals surface area (Å²) >= 11 is 0. The lowest BCUT2D eigenvalue weighted by molar-refractivity contribution is 0.0438. The third-order valence-corrected chi connectivity index (χ3v) is 4.17. The molecule has 0 aliphatic heterocycles. The van der Waals surface area contributed by atoms with Gasteiger partial charge in [0.05, 0.1) is 16.7 Å². The maximum absolute atomic E-state index is 11.9. The van der Waals surface area contributed by atoms with Crippen molar-refractivity contribution >= 4 is 15.8 Å². The van der Waals surface area contributed by atoms with E-state index in [4.69, 9.17) is 13.6 Å². The zero-order chi connectivity index (χ0) is 17.2. The topological polar surface area (TPSA) is 112 Å². The molecule has 2 aromatic heterocycles. The van der Waals surface area contributed by atoms with E-state index in [1.165, 1.54) is 30.5 Å². The summed E-state index contributed by atoms with van der Waals surface area (Å²) in [7, 11) is -3.31. The van der Waals surface area contributed by atoms with Gasteiger partial charge in [-0.25, -0.2) is 13.2 Å². The van der Waals surface area contributed by atoms with Crippen molar-refractivity contribution in [3.63, 3.8) is 0 Å². The van der Waals surface area contributed by atoms with Gasteiger partial charge in [0.25, 0.3) is 11.8 Å². The average molecular weight is 348 g/mol. The first-order valence-electron chi connectivity index (χ1n) is 6.77. The van der Waals surface area contributed by atoms with Crippen LogP contribution in [0.25, 0.3) is 11.7 Å². The number of hydrogen-bond donors (Lipinski definition) is 0. The first-order chi connectivity index (χ1) is 11.4. The van der Waals surface area contributed by atoms with Crippen molar-refractivity contribution in [2.24, 2.45) is 0 Å². The van der Waals surface area contributed by atoms with Crippen molar-refractivity contribution in [1.82, 2.24) is 10.2 Å². The van der Waals surface area contributed by atoms with Crippen LogP contribution in [0, 0.1) is 0 Å². The molecule has 0 atom stereocenters. The Morgan fingerprint density at radius 1 is 1.17 bits per heavy atom. The van der Waals surface area contributed by atoms with E-state index in [0.717, 1.165) is 6.26 Å². The number of hydrogen-bond acceptors (Lipinski definition) is 8. The average Bonchev–Trinajstić information content (AvgIpc) is 3.23. The SMILES string of the molecule is CS(=O)(=O)c1ccc(C(=O)OCc2nnc(-c3ccco3)o2)cc1. The van der Waals surface area contributed by atoms with E-state index in [2.05, 4.69) is 10.2 Å². The molecular formula is C15H12N2O6S. The minimum absolute atomic E-state index is 0.113. The van der Waals surface area contributed by atoms with Crippen LogP contribution in [0.5, 0.6) is 0 Å². The summed E-state index contributed by atoms with van der Waals surface area (Å²) in [5.74, 6) is 0.0790. The van der Waals surface area contributed by atoms with E-state index in [9.17, 15) is 13.2 Å². The van der Waals surface area contributed by atoms with Crippen molar-refractivity contribution in [3.8, 4) is 11.7 Å².